The Bertz CT molecular complexity index is 822. The number of aromatic nitrogens is 2. The van der Waals surface area contributed by atoms with E-state index in [2.05, 4.69) is 10.3 Å². The molecule has 1 heterocycles. The number of hydrogen-bond donors (Lipinski definition) is 2. The van der Waals surface area contributed by atoms with Crippen molar-refractivity contribution < 1.29 is 9.90 Å². The van der Waals surface area contributed by atoms with E-state index < -0.39 is 0 Å². The Morgan fingerprint density at radius 3 is 2.68 bits per heavy atom. The molecule has 3 aromatic rings. The van der Waals surface area contributed by atoms with Crippen molar-refractivity contribution in [1.29, 1.82) is 0 Å². The minimum atomic E-state index is -0.146. The first-order valence-electron chi connectivity index (χ1n) is 7.05. The van der Waals surface area contributed by atoms with Crippen molar-refractivity contribution in [2.45, 2.75) is 13.0 Å². The highest BCUT2D eigenvalue weighted by Gasteiger charge is 2.12. The lowest BCUT2D eigenvalue weighted by atomic mass is 10.1. The van der Waals surface area contributed by atoms with E-state index in [1.807, 2.05) is 24.6 Å². The van der Waals surface area contributed by atoms with E-state index >= 15 is 0 Å². The Morgan fingerprint density at radius 1 is 1.23 bits per heavy atom. The van der Waals surface area contributed by atoms with E-state index in [9.17, 15) is 9.90 Å². The molecule has 1 amide bonds. The largest absolute Gasteiger partial charge is 0.508 e. The van der Waals surface area contributed by atoms with Gasteiger partial charge in [0.25, 0.3) is 5.91 Å². The number of carbonyl (C=O) groups is 1. The number of aromatic hydroxyl groups is 1. The molecule has 0 spiro atoms. The van der Waals surface area contributed by atoms with Crippen LogP contribution in [0.2, 0.25) is 0 Å². The van der Waals surface area contributed by atoms with E-state index in [4.69, 9.17) is 0 Å². The van der Waals surface area contributed by atoms with Gasteiger partial charge in [-0.1, -0.05) is 12.1 Å². The van der Waals surface area contributed by atoms with Gasteiger partial charge < -0.3 is 15.0 Å². The van der Waals surface area contributed by atoms with Crippen LogP contribution in [-0.2, 0) is 7.05 Å². The molecule has 0 saturated heterocycles. The van der Waals surface area contributed by atoms with Crippen LogP contribution in [0.3, 0.4) is 0 Å². The predicted molar refractivity (Wildman–Crippen MR) is 84.7 cm³/mol. The van der Waals surface area contributed by atoms with Crippen LogP contribution in [0.4, 0.5) is 0 Å². The van der Waals surface area contributed by atoms with Gasteiger partial charge in [-0.15, -0.1) is 0 Å². The van der Waals surface area contributed by atoms with Crippen LogP contribution in [0.5, 0.6) is 5.75 Å². The summed E-state index contributed by atoms with van der Waals surface area (Å²) in [4.78, 5) is 16.6. The summed E-state index contributed by atoms with van der Waals surface area (Å²) in [5.74, 6) is 0.0657. The summed E-state index contributed by atoms with van der Waals surface area (Å²) in [6.07, 6.45) is 1.73. The average molecular weight is 295 g/mol. The second-order valence-electron chi connectivity index (χ2n) is 5.35. The van der Waals surface area contributed by atoms with Crippen molar-refractivity contribution in [2.75, 3.05) is 0 Å². The fourth-order valence-corrected chi connectivity index (χ4v) is 2.40. The molecule has 22 heavy (non-hydrogen) atoms. The third-order valence-corrected chi connectivity index (χ3v) is 3.73. The molecular formula is C17H17N3O2. The van der Waals surface area contributed by atoms with Crippen LogP contribution in [-0.4, -0.2) is 20.6 Å². The summed E-state index contributed by atoms with van der Waals surface area (Å²) in [5.41, 5.74) is 3.30. The molecular weight excluding hydrogens is 278 g/mol. The van der Waals surface area contributed by atoms with Gasteiger partial charge in [-0.2, -0.15) is 0 Å². The van der Waals surface area contributed by atoms with Crippen LogP contribution in [0, 0.1) is 0 Å². The van der Waals surface area contributed by atoms with E-state index in [1.165, 1.54) is 0 Å². The van der Waals surface area contributed by atoms with Gasteiger partial charge in [0, 0.05) is 12.6 Å². The van der Waals surface area contributed by atoms with Crippen molar-refractivity contribution in [3.8, 4) is 5.75 Å². The summed E-state index contributed by atoms with van der Waals surface area (Å²) in [7, 11) is 1.92. The molecule has 2 aromatic carbocycles. The zero-order chi connectivity index (χ0) is 15.7. The van der Waals surface area contributed by atoms with E-state index in [-0.39, 0.29) is 17.7 Å². The number of nitrogens with zero attached hydrogens (tertiary/aromatic N) is 2. The normalized spacial score (nSPS) is 12.3. The van der Waals surface area contributed by atoms with Gasteiger partial charge in [-0.25, -0.2) is 4.98 Å². The maximum absolute atomic E-state index is 12.4. The van der Waals surface area contributed by atoms with Gasteiger partial charge in [-0.3, -0.25) is 4.79 Å². The first-order chi connectivity index (χ1) is 10.5. The first-order valence-corrected chi connectivity index (χ1v) is 7.05. The molecule has 0 radical (unpaired) electrons. The minimum absolute atomic E-state index is 0.145. The maximum atomic E-state index is 12.4. The number of hydrogen-bond acceptors (Lipinski definition) is 3. The molecule has 0 aliphatic rings. The monoisotopic (exact) mass is 295 g/mol. The van der Waals surface area contributed by atoms with Gasteiger partial charge in [0.05, 0.1) is 23.4 Å². The number of imidazole rings is 1. The molecule has 0 fully saturated rings. The number of rotatable bonds is 3. The molecule has 5 nitrogen and oxygen atoms in total. The van der Waals surface area contributed by atoms with E-state index in [1.54, 1.807) is 42.7 Å². The number of amides is 1. The number of phenols is 1. The van der Waals surface area contributed by atoms with Crippen LogP contribution < -0.4 is 5.32 Å². The predicted octanol–water partition coefficient (Wildman–Crippen LogP) is 2.77. The van der Waals surface area contributed by atoms with Crippen LogP contribution >= 0.6 is 0 Å². The van der Waals surface area contributed by atoms with Gasteiger partial charge in [0.1, 0.15) is 5.75 Å². The van der Waals surface area contributed by atoms with Crippen LogP contribution in [0.15, 0.2) is 48.8 Å². The second kappa shape index (κ2) is 5.52. The fourth-order valence-electron chi connectivity index (χ4n) is 2.40. The average Bonchev–Trinajstić information content (AvgIpc) is 2.88. The minimum Gasteiger partial charge on any atom is -0.508 e. The SMILES string of the molecule is C[C@@H](NC(=O)c1ccc2c(c1)ncn2C)c1ccc(O)cc1. The third-order valence-electron chi connectivity index (χ3n) is 3.73. The topological polar surface area (TPSA) is 67.2 Å². The lowest BCUT2D eigenvalue weighted by molar-refractivity contribution is 0.0940. The molecule has 0 aliphatic heterocycles. The lowest BCUT2D eigenvalue weighted by Crippen LogP contribution is -2.26. The van der Waals surface area contributed by atoms with Crippen molar-refractivity contribution in [1.82, 2.24) is 14.9 Å². The summed E-state index contributed by atoms with van der Waals surface area (Å²) < 4.78 is 1.91. The zero-order valence-electron chi connectivity index (χ0n) is 12.4. The highest BCUT2D eigenvalue weighted by molar-refractivity contribution is 5.97. The Kier molecular flexibility index (Phi) is 3.55. The highest BCUT2D eigenvalue weighted by Crippen LogP contribution is 2.18. The summed E-state index contributed by atoms with van der Waals surface area (Å²) >= 11 is 0. The molecule has 112 valence electrons. The van der Waals surface area contributed by atoms with Crippen molar-refractivity contribution in [3.63, 3.8) is 0 Å². The molecule has 0 bridgehead atoms. The molecule has 3 rings (SSSR count). The van der Waals surface area contributed by atoms with Gasteiger partial charge in [0.15, 0.2) is 0 Å². The first kappa shape index (κ1) is 14.1. The number of benzene rings is 2. The second-order valence-corrected chi connectivity index (χ2v) is 5.35. The number of aryl methyl sites for hydroxylation is 1. The van der Waals surface area contributed by atoms with E-state index in [0.29, 0.717) is 5.56 Å². The molecule has 5 heteroatoms. The van der Waals surface area contributed by atoms with Crippen molar-refractivity contribution >= 4 is 16.9 Å². The fraction of sp³-hybridized carbons (Fsp3) is 0.176. The molecule has 1 atom stereocenters. The maximum Gasteiger partial charge on any atom is 0.251 e. The van der Waals surface area contributed by atoms with Gasteiger partial charge >= 0.3 is 0 Å². The van der Waals surface area contributed by atoms with E-state index in [0.717, 1.165) is 16.6 Å². The zero-order valence-corrected chi connectivity index (χ0v) is 12.4. The standard InChI is InChI=1S/C17H17N3O2/c1-11(12-3-6-14(21)7-4-12)19-17(22)13-5-8-16-15(9-13)18-10-20(16)2/h3-11,21H,1-2H3,(H,19,22)/t11-/m1/s1. The van der Waals surface area contributed by atoms with Gasteiger partial charge in [0.2, 0.25) is 0 Å². The summed E-state index contributed by atoms with van der Waals surface area (Å²) in [6, 6.07) is 12.1. The Labute approximate surface area is 128 Å². The molecule has 2 N–H and O–H groups in total. The quantitative estimate of drug-likeness (QED) is 0.780. The molecule has 0 unspecified atom stereocenters. The van der Waals surface area contributed by atoms with Crippen molar-refractivity contribution in [2.24, 2.45) is 7.05 Å². The number of fused-ring (bicyclic) bond motifs is 1. The molecule has 0 aliphatic carbocycles. The highest BCUT2D eigenvalue weighted by atomic mass is 16.3. The lowest BCUT2D eigenvalue weighted by Gasteiger charge is -2.14. The summed E-state index contributed by atoms with van der Waals surface area (Å²) in [6.45, 7) is 1.91. The number of nitrogens with one attached hydrogen (secondary N) is 1. The molecule has 0 saturated carbocycles. The third kappa shape index (κ3) is 2.65. The summed E-state index contributed by atoms with van der Waals surface area (Å²) in [5, 5.41) is 12.3. The van der Waals surface area contributed by atoms with Crippen molar-refractivity contribution in [3.05, 3.63) is 59.9 Å². The Balaban J connectivity index is 1.78. The Morgan fingerprint density at radius 2 is 1.95 bits per heavy atom. The Hall–Kier alpha value is -2.82. The number of carbonyl (C=O) groups excluding carboxylic acids is 1. The number of phenolic OH excluding ortho intramolecular Hbond substituents is 1. The van der Waals surface area contributed by atoms with Crippen LogP contribution in [0.25, 0.3) is 11.0 Å². The molecule has 1 aromatic heterocycles. The smallest absolute Gasteiger partial charge is 0.251 e. The van der Waals surface area contributed by atoms with Gasteiger partial charge in [-0.05, 0) is 42.8 Å². The van der Waals surface area contributed by atoms with Crippen LogP contribution in [0.1, 0.15) is 28.9 Å².